The fraction of sp³-hybridized carbons (Fsp3) is 0.875. The van der Waals surface area contributed by atoms with Gasteiger partial charge in [0.05, 0.1) is 5.41 Å². The molecule has 2 nitrogen and oxygen atoms in total. The van der Waals surface area contributed by atoms with Gasteiger partial charge in [-0.2, -0.15) is 0 Å². The van der Waals surface area contributed by atoms with E-state index in [0.717, 1.165) is 57.8 Å². The Balaban J connectivity index is 2.70. The molecule has 1 fully saturated rings. The maximum absolute atomic E-state index is 12.3. The monoisotopic (exact) mass is 252 g/mol. The Morgan fingerprint density at radius 1 is 0.833 bits per heavy atom. The van der Waals surface area contributed by atoms with Crippen molar-refractivity contribution in [1.29, 1.82) is 0 Å². The standard InChI is InChI=1S/C16H28O2/c1-3-5-7-12-16(13-8-6-4-2)14(17)10-9-11-15(16)18/h3-13H2,1-2H3. The van der Waals surface area contributed by atoms with Crippen LogP contribution in [0.3, 0.4) is 0 Å². The molecule has 1 saturated carbocycles. The van der Waals surface area contributed by atoms with E-state index < -0.39 is 5.41 Å². The minimum Gasteiger partial charge on any atom is -0.299 e. The van der Waals surface area contributed by atoms with Crippen LogP contribution in [0.15, 0.2) is 0 Å². The Morgan fingerprint density at radius 2 is 1.28 bits per heavy atom. The van der Waals surface area contributed by atoms with Crippen LogP contribution in [0.2, 0.25) is 0 Å². The van der Waals surface area contributed by atoms with Crippen LogP contribution in [0.4, 0.5) is 0 Å². The highest BCUT2D eigenvalue weighted by Crippen LogP contribution is 2.39. The van der Waals surface area contributed by atoms with Gasteiger partial charge in [-0.3, -0.25) is 9.59 Å². The SMILES string of the molecule is CCCCCC1(CCCCC)C(=O)CCCC1=O. The first-order valence-electron chi connectivity index (χ1n) is 7.74. The minimum absolute atomic E-state index is 0.242. The van der Waals surface area contributed by atoms with Crippen molar-refractivity contribution < 1.29 is 9.59 Å². The Hall–Kier alpha value is -0.660. The van der Waals surface area contributed by atoms with E-state index in [4.69, 9.17) is 0 Å². The summed E-state index contributed by atoms with van der Waals surface area (Å²) in [7, 11) is 0. The van der Waals surface area contributed by atoms with Crippen LogP contribution in [0.25, 0.3) is 0 Å². The van der Waals surface area contributed by atoms with Crippen LogP contribution in [0.5, 0.6) is 0 Å². The summed E-state index contributed by atoms with van der Waals surface area (Å²) in [6, 6.07) is 0. The van der Waals surface area contributed by atoms with Crippen molar-refractivity contribution in [3.05, 3.63) is 0 Å². The van der Waals surface area contributed by atoms with E-state index in [9.17, 15) is 9.59 Å². The van der Waals surface area contributed by atoms with Crippen LogP contribution >= 0.6 is 0 Å². The highest BCUT2D eigenvalue weighted by atomic mass is 16.2. The number of hydrogen-bond donors (Lipinski definition) is 0. The van der Waals surface area contributed by atoms with Gasteiger partial charge in [0.2, 0.25) is 0 Å². The van der Waals surface area contributed by atoms with Crippen LogP contribution in [-0.2, 0) is 9.59 Å². The summed E-state index contributed by atoms with van der Waals surface area (Å²) < 4.78 is 0. The van der Waals surface area contributed by atoms with Crippen molar-refractivity contribution >= 4 is 11.6 Å². The van der Waals surface area contributed by atoms with E-state index in [1.54, 1.807) is 0 Å². The number of carbonyl (C=O) groups excluding carboxylic acids is 2. The molecule has 0 unspecified atom stereocenters. The third-order valence-electron chi connectivity index (χ3n) is 4.29. The molecule has 18 heavy (non-hydrogen) atoms. The summed E-state index contributed by atoms with van der Waals surface area (Å²) in [6.07, 6.45) is 10.3. The maximum atomic E-state index is 12.3. The first-order chi connectivity index (χ1) is 8.67. The predicted octanol–water partition coefficient (Wildman–Crippen LogP) is 4.46. The number of hydrogen-bond acceptors (Lipinski definition) is 2. The van der Waals surface area contributed by atoms with E-state index in [1.807, 2.05) is 0 Å². The van der Waals surface area contributed by atoms with E-state index in [-0.39, 0.29) is 11.6 Å². The molecule has 1 aliphatic rings. The van der Waals surface area contributed by atoms with Gasteiger partial charge in [-0.15, -0.1) is 0 Å². The zero-order valence-electron chi connectivity index (χ0n) is 12.1. The Morgan fingerprint density at radius 3 is 1.67 bits per heavy atom. The molecule has 0 bridgehead atoms. The second-order valence-corrected chi connectivity index (χ2v) is 5.70. The average Bonchev–Trinajstić information content (AvgIpc) is 2.35. The highest BCUT2D eigenvalue weighted by Gasteiger charge is 2.45. The second-order valence-electron chi connectivity index (χ2n) is 5.70. The minimum atomic E-state index is -0.581. The summed E-state index contributed by atoms with van der Waals surface area (Å²) in [5.74, 6) is 0.483. The van der Waals surface area contributed by atoms with Crippen LogP contribution in [-0.4, -0.2) is 11.6 Å². The van der Waals surface area contributed by atoms with Crippen molar-refractivity contribution in [2.24, 2.45) is 5.41 Å². The zero-order valence-corrected chi connectivity index (χ0v) is 12.1. The molecule has 0 aromatic heterocycles. The zero-order chi connectivity index (χ0) is 13.4. The molecule has 0 aromatic carbocycles. The normalized spacial score (nSPS) is 19.2. The van der Waals surface area contributed by atoms with Gasteiger partial charge in [0.25, 0.3) is 0 Å². The van der Waals surface area contributed by atoms with Crippen molar-refractivity contribution in [3.63, 3.8) is 0 Å². The van der Waals surface area contributed by atoms with Gasteiger partial charge in [-0.1, -0.05) is 52.4 Å². The summed E-state index contributed by atoms with van der Waals surface area (Å²) in [4.78, 5) is 24.6. The van der Waals surface area contributed by atoms with Crippen molar-refractivity contribution in [2.45, 2.75) is 84.5 Å². The van der Waals surface area contributed by atoms with Crippen LogP contribution in [0.1, 0.15) is 84.5 Å². The van der Waals surface area contributed by atoms with Gasteiger partial charge in [0.1, 0.15) is 11.6 Å². The molecule has 104 valence electrons. The summed E-state index contributed by atoms with van der Waals surface area (Å²) in [5.41, 5.74) is -0.581. The van der Waals surface area contributed by atoms with Crippen LogP contribution in [0, 0.1) is 5.41 Å². The lowest BCUT2D eigenvalue weighted by Gasteiger charge is -2.34. The molecule has 0 aliphatic heterocycles. The third kappa shape index (κ3) is 3.66. The fourth-order valence-electron chi connectivity index (χ4n) is 3.08. The third-order valence-corrected chi connectivity index (χ3v) is 4.29. The predicted molar refractivity (Wildman–Crippen MR) is 74.6 cm³/mol. The number of unbranched alkanes of at least 4 members (excludes halogenated alkanes) is 4. The van der Waals surface area contributed by atoms with E-state index >= 15 is 0 Å². The highest BCUT2D eigenvalue weighted by molar-refractivity contribution is 6.08. The number of rotatable bonds is 8. The lowest BCUT2D eigenvalue weighted by atomic mass is 9.66. The molecule has 0 heterocycles. The number of Topliss-reactive ketones (excluding diaryl/α,β-unsaturated/α-hetero) is 2. The molecule has 0 aromatic rings. The summed E-state index contributed by atoms with van der Waals surface area (Å²) >= 11 is 0. The lowest BCUT2D eigenvalue weighted by molar-refractivity contribution is -0.145. The first-order valence-corrected chi connectivity index (χ1v) is 7.74. The maximum Gasteiger partial charge on any atom is 0.146 e. The molecular weight excluding hydrogens is 224 g/mol. The van der Waals surface area contributed by atoms with Gasteiger partial charge in [-0.05, 0) is 19.3 Å². The molecule has 0 N–H and O–H groups in total. The molecule has 1 aliphatic carbocycles. The smallest absolute Gasteiger partial charge is 0.146 e. The lowest BCUT2D eigenvalue weighted by Crippen LogP contribution is -2.42. The fourth-order valence-corrected chi connectivity index (χ4v) is 3.08. The molecule has 0 saturated heterocycles. The quantitative estimate of drug-likeness (QED) is 0.472. The van der Waals surface area contributed by atoms with Crippen molar-refractivity contribution in [2.75, 3.05) is 0 Å². The van der Waals surface area contributed by atoms with Gasteiger partial charge >= 0.3 is 0 Å². The van der Waals surface area contributed by atoms with Gasteiger partial charge in [-0.25, -0.2) is 0 Å². The Labute approximate surface area is 112 Å². The second kappa shape index (κ2) is 7.70. The molecular formula is C16H28O2. The number of ketones is 2. The van der Waals surface area contributed by atoms with Crippen molar-refractivity contribution in [1.82, 2.24) is 0 Å². The molecule has 0 spiro atoms. The topological polar surface area (TPSA) is 34.1 Å². The van der Waals surface area contributed by atoms with E-state index in [2.05, 4.69) is 13.8 Å². The molecule has 1 rings (SSSR count). The van der Waals surface area contributed by atoms with E-state index in [1.165, 1.54) is 0 Å². The average molecular weight is 252 g/mol. The molecule has 0 atom stereocenters. The Kier molecular flexibility index (Phi) is 6.59. The molecule has 0 amide bonds. The summed E-state index contributed by atoms with van der Waals surface area (Å²) in [6.45, 7) is 4.32. The number of carbonyl (C=O) groups is 2. The van der Waals surface area contributed by atoms with Gasteiger partial charge in [0.15, 0.2) is 0 Å². The Bertz CT molecular complexity index is 253. The molecule has 2 heteroatoms. The largest absolute Gasteiger partial charge is 0.299 e. The van der Waals surface area contributed by atoms with Gasteiger partial charge in [0, 0.05) is 12.8 Å². The van der Waals surface area contributed by atoms with Crippen LogP contribution < -0.4 is 0 Å². The van der Waals surface area contributed by atoms with Crippen molar-refractivity contribution in [3.8, 4) is 0 Å². The summed E-state index contributed by atoms with van der Waals surface area (Å²) in [5, 5.41) is 0. The molecule has 0 radical (unpaired) electrons. The van der Waals surface area contributed by atoms with Gasteiger partial charge < -0.3 is 0 Å². The van der Waals surface area contributed by atoms with E-state index in [0.29, 0.717) is 12.8 Å². The first kappa shape index (κ1) is 15.4.